The van der Waals surface area contributed by atoms with Crippen molar-refractivity contribution in [2.24, 2.45) is 0 Å². The Hall–Kier alpha value is -1.90. The SMILES string of the molecule is CC(C)n1c(Sc2ccc(N)c(C(F)(F)F)c2)n[nH]c1=O. The zero-order valence-electron chi connectivity index (χ0n) is 11.2. The number of hydrogen-bond acceptors (Lipinski definition) is 4. The van der Waals surface area contributed by atoms with Gasteiger partial charge in [-0.3, -0.25) is 4.57 Å². The molecule has 0 aliphatic rings. The fourth-order valence-corrected chi connectivity index (χ4v) is 2.77. The molecule has 5 nitrogen and oxygen atoms in total. The van der Waals surface area contributed by atoms with Crippen molar-refractivity contribution < 1.29 is 13.2 Å². The quantitative estimate of drug-likeness (QED) is 0.853. The number of H-pyrrole nitrogens is 1. The average molecular weight is 318 g/mol. The van der Waals surface area contributed by atoms with Crippen LogP contribution in [0.1, 0.15) is 25.5 Å². The number of nitrogens with one attached hydrogen (secondary N) is 1. The molecule has 0 saturated heterocycles. The monoisotopic (exact) mass is 318 g/mol. The molecule has 0 spiro atoms. The molecule has 0 atom stereocenters. The molecule has 0 amide bonds. The maximum Gasteiger partial charge on any atom is 0.418 e. The van der Waals surface area contributed by atoms with E-state index in [2.05, 4.69) is 10.2 Å². The smallest absolute Gasteiger partial charge is 0.398 e. The van der Waals surface area contributed by atoms with Gasteiger partial charge in [0.05, 0.1) is 5.56 Å². The molecule has 1 aromatic heterocycles. The molecule has 0 saturated carbocycles. The highest BCUT2D eigenvalue weighted by molar-refractivity contribution is 7.99. The molecular weight excluding hydrogens is 305 g/mol. The average Bonchev–Trinajstić information content (AvgIpc) is 2.71. The molecule has 114 valence electrons. The molecule has 2 rings (SSSR count). The number of aromatic amines is 1. The molecular formula is C12H13F3N4OS. The summed E-state index contributed by atoms with van der Waals surface area (Å²) < 4.78 is 39.8. The molecule has 9 heteroatoms. The van der Waals surface area contributed by atoms with Crippen LogP contribution in [0.4, 0.5) is 18.9 Å². The van der Waals surface area contributed by atoms with Gasteiger partial charge in [0.2, 0.25) is 0 Å². The second-order valence-electron chi connectivity index (χ2n) is 4.62. The van der Waals surface area contributed by atoms with Crippen LogP contribution in [-0.2, 0) is 6.18 Å². The summed E-state index contributed by atoms with van der Waals surface area (Å²) in [6.45, 7) is 3.57. The fourth-order valence-electron chi connectivity index (χ4n) is 1.77. The largest absolute Gasteiger partial charge is 0.418 e. The molecule has 0 radical (unpaired) electrons. The summed E-state index contributed by atoms with van der Waals surface area (Å²) >= 11 is 0.967. The second kappa shape index (κ2) is 5.47. The van der Waals surface area contributed by atoms with Crippen molar-refractivity contribution in [2.75, 3.05) is 5.73 Å². The maximum atomic E-state index is 12.8. The van der Waals surface area contributed by atoms with E-state index in [9.17, 15) is 18.0 Å². The van der Waals surface area contributed by atoms with Gasteiger partial charge in [-0.1, -0.05) is 0 Å². The number of hydrogen-bond donors (Lipinski definition) is 2. The van der Waals surface area contributed by atoms with Gasteiger partial charge in [0.25, 0.3) is 0 Å². The van der Waals surface area contributed by atoms with E-state index in [4.69, 9.17) is 5.73 Å². The minimum absolute atomic E-state index is 0.158. The molecule has 0 bridgehead atoms. The summed E-state index contributed by atoms with van der Waals surface area (Å²) in [5, 5.41) is 6.41. The Kier molecular flexibility index (Phi) is 4.04. The molecule has 0 unspecified atom stereocenters. The van der Waals surface area contributed by atoms with Crippen LogP contribution in [-0.4, -0.2) is 14.8 Å². The van der Waals surface area contributed by atoms with E-state index in [1.54, 1.807) is 13.8 Å². The Labute approximate surface area is 122 Å². The van der Waals surface area contributed by atoms with Gasteiger partial charge in [0, 0.05) is 16.6 Å². The lowest BCUT2D eigenvalue weighted by Crippen LogP contribution is -2.19. The summed E-state index contributed by atoms with van der Waals surface area (Å²) in [6, 6.07) is 3.44. The van der Waals surface area contributed by atoms with Crippen LogP contribution in [0.15, 0.2) is 33.0 Å². The van der Waals surface area contributed by atoms with Gasteiger partial charge >= 0.3 is 11.9 Å². The third-order valence-electron chi connectivity index (χ3n) is 2.73. The van der Waals surface area contributed by atoms with E-state index in [0.717, 1.165) is 17.8 Å². The number of anilines is 1. The van der Waals surface area contributed by atoms with E-state index in [-0.39, 0.29) is 11.7 Å². The Morgan fingerprint density at radius 3 is 2.62 bits per heavy atom. The summed E-state index contributed by atoms with van der Waals surface area (Å²) in [6.07, 6.45) is -4.52. The Morgan fingerprint density at radius 2 is 2.05 bits per heavy atom. The van der Waals surface area contributed by atoms with Crippen LogP contribution in [0.5, 0.6) is 0 Å². The number of nitrogens with zero attached hydrogens (tertiary/aromatic N) is 2. The van der Waals surface area contributed by atoms with Crippen molar-refractivity contribution in [3.05, 3.63) is 34.2 Å². The van der Waals surface area contributed by atoms with E-state index in [0.29, 0.717) is 10.1 Å². The number of nitrogen functional groups attached to an aromatic ring is 1. The number of nitrogens with two attached hydrogens (primary N) is 1. The van der Waals surface area contributed by atoms with Gasteiger partial charge in [-0.2, -0.15) is 13.2 Å². The maximum absolute atomic E-state index is 12.8. The molecule has 1 heterocycles. The Balaban J connectivity index is 2.40. The first-order valence-electron chi connectivity index (χ1n) is 6.01. The first kappa shape index (κ1) is 15.5. The van der Waals surface area contributed by atoms with Crippen molar-refractivity contribution >= 4 is 17.4 Å². The minimum Gasteiger partial charge on any atom is -0.398 e. The van der Waals surface area contributed by atoms with Gasteiger partial charge in [0.1, 0.15) is 0 Å². The highest BCUT2D eigenvalue weighted by Crippen LogP contribution is 2.37. The predicted molar refractivity (Wildman–Crippen MR) is 73.2 cm³/mol. The fraction of sp³-hybridized carbons (Fsp3) is 0.333. The van der Waals surface area contributed by atoms with E-state index in [1.807, 2.05) is 0 Å². The van der Waals surface area contributed by atoms with Crippen molar-refractivity contribution in [3.63, 3.8) is 0 Å². The standard InChI is InChI=1S/C12H13F3N4OS/c1-6(2)19-10(20)17-18-11(19)21-7-3-4-9(16)8(5-7)12(13,14)15/h3-6H,16H2,1-2H3,(H,17,20). The van der Waals surface area contributed by atoms with E-state index in [1.165, 1.54) is 16.7 Å². The first-order valence-corrected chi connectivity index (χ1v) is 6.83. The third-order valence-corrected chi connectivity index (χ3v) is 3.69. The second-order valence-corrected chi connectivity index (χ2v) is 5.66. The third kappa shape index (κ3) is 3.23. The number of alkyl halides is 3. The van der Waals surface area contributed by atoms with Crippen molar-refractivity contribution in [2.45, 2.75) is 36.1 Å². The van der Waals surface area contributed by atoms with Crippen LogP contribution in [0.25, 0.3) is 0 Å². The van der Waals surface area contributed by atoms with Crippen LogP contribution < -0.4 is 11.4 Å². The zero-order valence-corrected chi connectivity index (χ0v) is 12.0. The molecule has 0 aliphatic carbocycles. The minimum atomic E-state index is -4.52. The Morgan fingerprint density at radius 1 is 1.38 bits per heavy atom. The van der Waals surface area contributed by atoms with Gasteiger partial charge in [-0.15, -0.1) is 5.10 Å². The molecule has 3 N–H and O–H groups in total. The van der Waals surface area contributed by atoms with E-state index >= 15 is 0 Å². The van der Waals surface area contributed by atoms with E-state index < -0.39 is 17.4 Å². The van der Waals surface area contributed by atoms with Crippen LogP contribution >= 0.6 is 11.8 Å². The van der Waals surface area contributed by atoms with Crippen molar-refractivity contribution in [1.29, 1.82) is 0 Å². The van der Waals surface area contributed by atoms with Crippen LogP contribution in [0.2, 0.25) is 0 Å². The van der Waals surface area contributed by atoms with Gasteiger partial charge in [0.15, 0.2) is 5.16 Å². The summed E-state index contributed by atoms with van der Waals surface area (Å²) in [7, 11) is 0. The molecule has 2 aromatic rings. The summed E-state index contributed by atoms with van der Waals surface area (Å²) in [4.78, 5) is 11.9. The number of rotatable bonds is 3. The molecule has 0 fully saturated rings. The number of halogens is 3. The lowest BCUT2D eigenvalue weighted by molar-refractivity contribution is -0.137. The Bertz CT molecular complexity index is 705. The van der Waals surface area contributed by atoms with Crippen LogP contribution in [0.3, 0.4) is 0 Å². The van der Waals surface area contributed by atoms with Gasteiger partial charge < -0.3 is 5.73 Å². The first-order chi connectivity index (χ1) is 9.70. The van der Waals surface area contributed by atoms with Gasteiger partial charge in [-0.05, 0) is 43.8 Å². The molecule has 21 heavy (non-hydrogen) atoms. The lowest BCUT2D eigenvalue weighted by Gasteiger charge is -2.12. The lowest BCUT2D eigenvalue weighted by atomic mass is 10.2. The number of benzene rings is 1. The van der Waals surface area contributed by atoms with Gasteiger partial charge in [-0.25, -0.2) is 9.89 Å². The normalized spacial score (nSPS) is 12.1. The molecule has 1 aromatic carbocycles. The highest BCUT2D eigenvalue weighted by atomic mass is 32.2. The zero-order chi connectivity index (χ0) is 15.8. The van der Waals surface area contributed by atoms with Crippen molar-refractivity contribution in [1.82, 2.24) is 14.8 Å². The predicted octanol–water partition coefficient (Wildman–Crippen LogP) is 2.90. The topological polar surface area (TPSA) is 76.7 Å². The highest BCUT2D eigenvalue weighted by Gasteiger charge is 2.33. The van der Waals surface area contributed by atoms with Crippen molar-refractivity contribution in [3.8, 4) is 0 Å². The number of aromatic nitrogens is 3. The molecule has 0 aliphatic heterocycles. The summed E-state index contributed by atoms with van der Waals surface area (Å²) in [5.41, 5.74) is 3.70. The summed E-state index contributed by atoms with van der Waals surface area (Å²) in [5.74, 6) is 0. The van der Waals surface area contributed by atoms with Crippen LogP contribution in [0, 0.1) is 0 Å².